The molecule has 2 fully saturated rings. The summed E-state index contributed by atoms with van der Waals surface area (Å²) in [5.74, 6) is 4.54. The van der Waals surface area contributed by atoms with E-state index in [-0.39, 0.29) is 0 Å². The van der Waals surface area contributed by atoms with Gasteiger partial charge in [0.2, 0.25) is 0 Å². The van der Waals surface area contributed by atoms with Crippen molar-refractivity contribution >= 4 is 11.8 Å². The van der Waals surface area contributed by atoms with E-state index in [9.17, 15) is 0 Å². The SMILES string of the molecule is CCC1CCN(C(CN)C2CCSC2)CC1. The Morgan fingerprint density at radius 1 is 1.31 bits per heavy atom. The normalized spacial score (nSPS) is 30.8. The molecule has 0 aliphatic carbocycles. The molecule has 0 aromatic heterocycles. The van der Waals surface area contributed by atoms with E-state index in [1.807, 2.05) is 0 Å². The van der Waals surface area contributed by atoms with Gasteiger partial charge in [0, 0.05) is 12.6 Å². The van der Waals surface area contributed by atoms with Crippen LogP contribution in [0.4, 0.5) is 0 Å². The van der Waals surface area contributed by atoms with E-state index in [1.165, 1.54) is 50.3 Å². The van der Waals surface area contributed by atoms with Crippen molar-refractivity contribution in [3.63, 3.8) is 0 Å². The summed E-state index contributed by atoms with van der Waals surface area (Å²) in [7, 11) is 0. The molecule has 2 saturated heterocycles. The zero-order valence-corrected chi connectivity index (χ0v) is 11.3. The summed E-state index contributed by atoms with van der Waals surface area (Å²) < 4.78 is 0. The van der Waals surface area contributed by atoms with E-state index in [0.29, 0.717) is 6.04 Å². The van der Waals surface area contributed by atoms with Gasteiger partial charge in [0.25, 0.3) is 0 Å². The Morgan fingerprint density at radius 3 is 2.56 bits per heavy atom. The highest BCUT2D eigenvalue weighted by atomic mass is 32.2. The molecular formula is C13H26N2S. The first-order valence-corrected chi connectivity index (χ1v) is 8.02. The van der Waals surface area contributed by atoms with Crippen LogP contribution < -0.4 is 5.73 Å². The van der Waals surface area contributed by atoms with Gasteiger partial charge in [-0.15, -0.1) is 0 Å². The largest absolute Gasteiger partial charge is 0.329 e. The summed E-state index contributed by atoms with van der Waals surface area (Å²) in [5, 5.41) is 0. The molecule has 0 spiro atoms. The van der Waals surface area contributed by atoms with Gasteiger partial charge in [-0.3, -0.25) is 4.90 Å². The molecule has 2 rings (SSSR count). The van der Waals surface area contributed by atoms with Gasteiger partial charge in [-0.25, -0.2) is 0 Å². The van der Waals surface area contributed by atoms with Crippen LogP contribution in [0.2, 0.25) is 0 Å². The van der Waals surface area contributed by atoms with Crippen molar-refractivity contribution in [3.05, 3.63) is 0 Å². The maximum atomic E-state index is 6.00. The Hall–Kier alpha value is 0.270. The first-order valence-electron chi connectivity index (χ1n) is 6.87. The average Bonchev–Trinajstić information content (AvgIpc) is 2.85. The van der Waals surface area contributed by atoms with E-state index < -0.39 is 0 Å². The lowest BCUT2D eigenvalue weighted by atomic mass is 9.90. The van der Waals surface area contributed by atoms with Crippen LogP contribution in [0.3, 0.4) is 0 Å². The summed E-state index contributed by atoms with van der Waals surface area (Å²) in [6.07, 6.45) is 5.54. The fraction of sp³-hybridized carbons (Fsp3) is 1.00. The summed E-state index contributed by atoms with van der Waals surface area (Å²) in [6.45, 7) is 5.78. The van der Waals surface area contributed by atoms with Crippen LogP contribution in [-0.4, -0.2) is 42.1 Å². The monoisotopic (exact) mass is 242 g/mol. The second kappa shape index (κ2) is 6.27. The number of nitrogens with two attached hydrogens (primary N) is 1. The minimum absolute atomic E-state index is 0.674. The molecule has 0 saturated carbocycles. The van der Waals surface area contributed by atoms with Crippen LogP contribution in [0.5, 0.6) is 0 Å². The lowest BCUT2D eigenvalue weighted by Gasteiger charge is -2.39. The number of hydrogen-bond donors (Lipinski definition) is 1. The molecule has 94 valence electrons. The quantitative estimate of drug-likeness (QED) is 0.819. The van der Waals surface area contributed by atoms with Gasteiger partial charge >= 0.3 is 0 Å². The predicted molar refractivity (Wildman–Crippen MR) is 72.9 cm³/mol. The Balaban J connectivity index is 1.85. The van der Waals surface area contributed by atoms with E-state index in [2.05, 4.69) is 23.6 Å². The number of hydrogen-bond acceptors (Lipinski definition) is 3. The Labute approximate surface area is 104 Å². The number of likely N-dealkylation sites (tertiary alicyclic amines) is 1. The molecule has 2 heterocycles. The summed E-state index contributed by atoms with van der Waals surface area (Å²) in [4.78, 5) is 2.68. The molecule has 0 amide bonds. The third-order valence-corrected chi connectivity index (χ3v) is 5.63. The topological polar surface area (TPSA) is 29.3 Å². The molecule has 0 aromatic rings. The first kappa shape index (κ1) is 12.7. The molecule has 16 heavy (non-hydrogen) atoms. The Kier molecular flexibility index (Phi) is 4.98. The minimum Gasteiger partial charge on any atom is -0.329 e. The van der Waals surface area contributed by atoms with E-state index in [4.69, 9.17) is 5.73 Å². The molecule has 2 unspecified atom stereocenters. The number of nitrogens with zero attached hydrogens (tertiary/aromatic N) is 1. The highest BCUT2D eigenvalue weighted by Gasteiger charge is 2.31. The Morgan fingerprint density at radius 2 is 2.06 bits per heavy atom. The van der Waals surface area contributed by atoms with Crippen molar-refractivity contribution in [2.24, 2.45) is 17.6 Å². The smallest absolute Gasteiger partial charge is 0.0254 e. The second-order valence-corrected chi connectivity index (χ2v) is 6.46. The highest BCUT2D eigenvalue weighted by molar-refractivity contribution is 7.99. The van der Waals surface area contributed by atoms with Gasteiger partial charge in [0.05, 0.1) is 0 Å². The van der Waals surface area contributed by atoms with Crippen LogP contribution in [0, 0.1) is 11.8 Å². The average molecular weight is 242 g/mol. The molecule has 2 atom stereocenters. The number of rotatable bonds is 4. The van der Waals surface area contributed by atoms with Crippen LogP contribution >= 0.6 is 11.8 Å². The van der Waals surface area contributed by atoms with Gasteiger partial charge in [-0.05, 0) is 55.7 Å². The maximum Gasteiger partial charge on any atom is 0.0254 e. The molecule has 2 nitrogen and oxygen atoms in total. The van der Waals surface area contributed by atoms with Crippen LogP contribution in [-0.2, 0) is 0 Å². The van der Waals surface area contributed by atoms with Gasteiger partial charge in [-0.1, -0.05) is 13.3 Å². The van der Waals surface area contributed by atoms with Gasteiger partial charge in [0.15, 0.2) is 0 Å². The lowest BCUT2D eigenvalue weighted by Crippen LogP contribution is -2.49. The summed E-state index contributed by atoms with van der Waals surface area (Å²) in [6, 6.07) is 0.674. The van der Waals surface area contributed by atoms with Crippen molar-refractivity contribution in [2.75, 3.05) is 31.1 Å². The lowest BCUT2D eigenvalue weighted by molar-refractivity contribution is 0.104. The van der Waals surface area contributed by atoms with Gasteiger partial charge < -0.3 is 5.73 Å². The van der Waals surface area contributed by atoms with Crippen LogP contribution in [0.1, 0.15) is 32.6 Å². The third kappa shape index (κ3) is 2.93. The first-order chi connectivity index (χ1) is 7.85. The van der Waals surface area contributed by atoms with E-state index >= 15 is 0 Å². The zero-order valence-electron chi connectivity index (χ0n) is 10.5. The van der Waals surface area contributed by atoms with Crippen LogP contribution in [0.25, 0.3) is 0 Å². The minimum atomic E-state index is 0.674. The summed E-state index contributed by atoms with van der Waals surface area (Å²) >= 11 is 2.11. The van der Waals surface area contributed by atoms with Gasteiger partial charge in [-0.2, -0.15) is 11.8 Å². The molecule has 0 radical (unpaired) electrons. The fourth-order valence-corrected chi connectivity index (χ4v) is 4.52. The van der Waals surface area contributed by atoms with Crippen molar-refractivity contribution in [1.29, 1.82) is 0 Å². The third-order valence-electron chi connectivity index (χ3n) is 4.45. The van der Waals surface area contributed by atoms with Crippen molar-refractivity contribution in [2.45, 2.75) is 38.6 Å². The molecule has 0 bridgehead atoms. The van der Waals surface area contributed by atoms with E-state index in [0.717, 1.165) is 18.4 Å². The molecule has 2 N–H and O–H groups in total. The van der Waals surface area contributed by atoms with Crippen molar-refractivity contribution in [1.82, 2.24) is 4.90 Å². The van der Waals surface area contributed by atoms with Crippen molar-refractivity contribution < 1.29 is 0 Å². The van der Waals surface area contributed by atoms with Crippen LogP contribution in [0.15, 0.2) is 0 Å². The van der Waals surface area contributed by atoms with Crippen molar-refractivity contribution in [3.8, 4) is 0 Å². The zero-order chi connectivity index (χ0) is 11.4. The highest BCUT2D eigenvalue weighted by Crippen LogP contribution is 2.31. The second-order valence-electron chi connectivity index (χ2n) is 5.31. The molecule has 2 aliphatic heterocycles. The van der Waals surface area contributed by atoms with Gasteiger partial charge in [0.1, 0.15) is 0 Å². The predicted octanol–water partition coefficient (Wildman–Crippen LogP) is 2.19. The Bertz CT molecular complexity index is 196. The molecule has 0 aromatic carbocycles. The fourth-order valence-electron chi connectivity index (χ4n) is 3.19. The number of piperidine rings is 1. The number of thioether (sulfide) groups is 1. The van der Waals surface area contributed by atoms with E-state index in [1.54, 1.807) is 0 Å². The maximum absolute atomic E-state index is 6.00. The molecule has 2 aliphatic rings. The summed E-state index contributed by atoms with van der Waals surface area (Å²) in [5.41, 5.74) is 6.00. The standard InChI is InChI=1S/C13H26N2S/c1-2-11-3-6-15(7-4-11)13(9-14)12-5-8-16-10-12/h11-13H,2-10,14H2,1H3. The molecule has 3 heteroatoms. The molecular weight excluding hydrogens is 216 g/mol.